The molecule has 18 heavy (non-hydrogen) atoms. The fourth-order valence-electron chi connectivity index (χ4n) is 1.71. The first-order valence-electron chi connectivity index (χ1n) is 6.05. The minimum atomic E-state index is -0.373. The van der Waals surface area contributed by atoms with Crippen LogP contribution >= 0.6 is 0 Å². The van der Waals surface area contributed by atoms with Crippen LogP contribution in [-0.4, -0.2) is 32.0 Å². The van der Waals surface area contributed by atoms with E-state index < -0.39 is 0 Å². The molecular formula is C13H22N2O3. The molecule has 102 valence electrons. The van der Waals surface area contributed by atoms with Gasteiger partial charge in [0, 0.05) is 18.7 Å². The molecule has 0 amide bonds. The van der Waals surface area contributed by atoms with E-state index in [9.17, 15) is 5.11 Å². The summed E-state index contributed by atoms with van der Waals surface area (Å²) in [5.74, 6) is 1.20. The number of ether oxygens (including phenoxy) is 2. The summed E-state index contributed by atoms with van der Waals surface area (Å²) in [6.07, 6.45) is 1.34. The lowest BCUT2D eigenvalue weighted by atomic mass is 10.2. The molecule has 1 unspecified atom stereocenters. The van der Waals surface area contributed by atoms with Crippen LogP contribution in [0.1, 0.15) is 19.8 Å². The number of nitrogen functional groups attached to an aromatic ring is 1. The van der Waals surface area contributed by atoms with E-state index in [1.54, 1.807) is 26.4 Å². The van der Waals surface area contributed by atoms with Gasteiger partial charge < -0.3 is 25.6 Å². The Balaban J connectivity index is 2.76. The van der Waals surface area contributed by atoms with Gasteiger partial charge in [-0.2, -0.15) is 0 Å². The highest BCUT2D eigenvalue weighted by Crippen LogP contribution is 2.34. The van der Waals surface area contributed by atoms with Crippen LogP contribution in [-0.2, 0) is 0 Å². The van der Waals surface area contributed by atoms with Gasteiger partial charge in [-0.25, -0.2) is 0 Å². The number of hydrogen-bond acceptors (Lipinski definition) is 5. The van der Waals surface area contributed by atoms with Crippen molar-refractivity contribution in [1.29, 1.82) is 0 Å². The Bertz CT molecular complexity index is 383. The van der Waals surface area contributed by atoms with Crippen molar-refractivity contribution < 1.29 is 14.6 Å². The van der Waals surface area contributed by atoms with Gasteiger partial charge in [-0.15, -0.1) is 0 Å². The normalized spacial score (nSPS) is 12.0. The fraction of sp³-hybridized carbons (Fsp3) is 0.538. The Hall–Kier alpha value is -1.62. The van der Waals surface area contributed by atoms with Crippen LogP contribution in [0.4, 0.5) is 11.4 Å². The summed E-state index contributed by atoms with van der Waals surface area (Å²) in [7, 11) is 3.14. The number of benzene rings is 1. The van der Waals surface area contributed by atoms with Crippen molar-refractivity contribution in [1.82, 2.24) is 0 Å². The van der Waals surface area contributed by atoms with Crippen LogP contribution in [0.25, 0.3) is 0 Å². The van der Waals surface area contributed by atoms with Gasteiger partial charge in [0.25, 0.3) is 0 Å². The lowest BCUT2D eigenvalue weighted by Gasteiger charge is -2.16. The average molecular weight is 254 g/mol. The molecule has 0 aliphatic rings. The monoisotopic (exact) mass is 254 g/mol. The smallest absolute Gasteiger partial charge is 0.162 e. The molecule has 1 aromatic rings. The summed E-state index contributed by atoms with van der Waals surface area (Å²) >= 11 is 0. The molecule has 1 aromatic carbocycles. The second-order valence-corrected chi connectivity index (χ2v) is 4.12. The topological polar surface area (TPSA) is 76.7 Å². The second kappa shape index (κ2) is 6.96. The molecule has 0 aliphatic carbocycles. The average Bonchev–Trinajstić information content (AvgIpc) is 2.37. The van der Waals surface area contributed by atoms with Crippen molar-refractivity contribution in [2.75, 3.05) is 31.8 Å². The van der Waals surface area contributed by atoms with Gasteiger partial charge in [0.05, 0.1) is 31.7 Å². The van der Waals surface area contributed by atoms with Crippen molar-refractivity contribution in [2.24, 2.45) is 0 Å². The summed E-state index contributed by atoms with van der Waals surface area (Å²) in [6, 6.07) is 3.47. The Morgan fingerprint density at radius 2 is 1.89 bits per heavy atom. The van der Waals surface area contributed by atoms with Crippen LogP contribution in [0.5, 0.6) is 11.5 Å². The molecule has 1 rings (SSSR count). The number of aliphatic hydroxyl groups is 1. The van der Waals surface area contributed by atoms with Crippen LogP contribution in [0.2, 0.25) is 0 Å². The maximum absolute atomic E-state index is 9.67. The van der Waals surface area contributed by atoms with Crippen molar-refractivity contribution in [3.8, 4) is 11.5 Å². The Morgan fingerprint density at radius 1 is 1.28 bits per heavy atom. The molecule has 0 heterocycles. The Labute approximate surface area is 108 Å². The van der Waals surface area contributed by atoms with Gasteiger partial charge in [-0.05, 0) is 6.42 Å². The van der Waals surface area contributed by atoms with E-state index in [1.807, 2.05) is 6.92 Å². The first-order chi connectivity index (χ1) is 8.62. The largest absolute Gasteiger partial charge is 0.493 e. The highest BCUT2D eigenvalue weighted by atomic mass is 16.5. The van der Waals surface area contributed by atoms with Crippen molar-refractivity contribution >= 4 is 11.4 Å². The molecular weight excluding hydrogens is 232 g/mol. The lowest BCUT2D eigenvalue weighted by Crippen LogP contribution is -2.19. The summed E-state index contributed by atoms with van der Waals surface area (Å²) in [5, 5.41) is 12.8. The molecule has 0 saturated heterocycles. The number of nitrogens with two attached hydrogens (primary N) is 1. The second-order valence-electron chi connectivity index (χ2n) is 4.12. The molecule has 0 bridgehead atoms. The maximum Gasteiger partial charge on any atom is 0.162 e. The van der Waals surface area contributed by atoms with Crippen molar-refractivity contribution in [3.63, 3.8) is 0 Å². The third-order valence-electron chi connectivity index (χ3n) is 2.71. The molecule has 4 N–H and O–H groups in total. The van der Waals surface area contributed by atoms with Gasteiger partial charge in [-0.1, -0.05) is 13.3 Å². The molecule has 0 radical (unpaired) electrons. The molecule has 0 fully saturated rings. The zero-order valence-electron chi connectivity index (χ0n) is 11.2. The predicted molar refractivity (Wildman–Crippen MR) is 73.4 cm³/mol. The number of anilines is 2. The molecule has 0 aliphatic heterocycles. The zero-order valence-corrected chi connectivity index (χ0v) is 11.2. The third-order valence-corrected chi connectivity index (χ3v) is 2.71. The highest BCUT2D eigenvalue weighted by molar-refractivity contribution is 5.72. The summed E-state index contributed by atoms with van der Waals surface area (Å²) in [4.78, 5) is 0. The molecule has 5 heteroatoms. The molecule has 0 saturated carbocycles. The standard InChI is InChI=1S/C13H22N2O3/c1-4-5-9(16)8-15-11-7-13(18-3)12(17-2)6-10(11)14/h6-7,9,15-16H,4-5,8,14H2,1-3H3. The SMILES string of the molecule is CCCC(O)CNc1cc(OC)c(OC)cc1N. The Morgan fingerprint density at radius 3 is 2.44 bits per heavy atom. The summed E-state index contributed by atoms with van der Waals surface area (Å²) in [6.45, 7) is 2.50. The van der Waals surface area contributed by atoms with Gasteiger partial charge in [-0.3, -0.25) is 0 Å². The summed E-state index contributed by atoms with van der Waals surface area (Å²) < 4.78 is 10.4. The lowest BCUT2D eigenvalue weighted by molar-refractivity contribution is 0.176. The van der Waals surface area contributed by atoms with E-state index in [0.29, 0.717) is 23.7 Å². The minimum absolute atomic E-state index is 0.373. The first-order valence-corrected chi connectivity index (χ1v) is 6.05. The highest BCUT2D eigenvalue weighted by Gasteiger charge is 2.10. The van der Waals surface area contributed by atoms with Gasteiger partial charge >= 0.3 is 0 Å². The number of nitrogens with one attached hydrogen (secondary N) is 1. The van der Waals surface area contributed by atoms with Crippen LogP contribution < -0.4 is 20.5 Å². The van der Waals surface area contributed by atoms with Gasteiger partial charge in [0.2, 0.25) is 0 Å². The molecule has 0 spiro atoms. The van der Waals surface area contributed by atoms with E-state index in [2.05, 4.69) is 5.32 Å². The fourth-order valence-corrected chi connectivity index (χ4v) is 1.71. The Kier molecular flexibility index (Phi) is 5.58. The summed E-state index contributed by atoms with van der Waals surface area (Å²) in [5.41, 5.74) is 7.21. The predicted octanol–water partition coefficient (Wildman–Crippen LogP) is 1.86. The van der Waals surface area contributed by atoms with Gasteiger partial charge in [0.15, 0.2) is 11.5 Å². The number of methoxy groups -OCH3 is 2. The van der Waals surface area contributed by atoms with Crippen LogP contribution in [0.3, 0.4) is 0 Å². The van der Waals surface area contributed by atoms with E-state index in [1.165, 1.54) is 0 Å². The minimum Gasteiger partial charge on any atom is -0.493 e. The van der Waals surface area contributed by atoms with Crippen LogP contribution in [0.15, 0.2) is 12.1 Å². The van der Waals surface area contributed by atoms with E-state index in [0.717, 1.165) is 18.5 Å². The van der Waals surface area contributed by atoms with Crippen molar-refractivity contribution in [3.05, 3.63) is 12.1 Å². The van der Waals surface area contributed by atoms with E-state index in [-0.39, 0.29) is 6.10 Å². The zero-order chi connectivity index (χ0) is 13.5. The molecule has 1 atom stereocenters. The number of hydrogen-bond donors (Lipinski definition) is 3. The first kappa shape index (κ1) is 14.4. The van der Waals surface area contributed by atoms with E-state index >= 15 is 0 Å². The van der Waals surface area contributed by atoms with Gasteiger partial charge in [0.1, 0.15) is 0 Å². The maximum atomic E-state index is 9.67. The number of rotatable bonds is 7. The number of aliphatic hydroxyl groups excluding tert-OH is 1. The quantitative estimate of drug-likeness (QED) is 0.647. The third kappa shape index (κ3) is 3.70. The van der Waals surface area contributed by atoms with E-state index in [4.69, 9.17) is 15.2 Å². The molecule has 0 aromatic heterocycles. The van der Waals surface area contributed by atoms with Crippen LogP contribution in [0, 0.1) is 0 Å². The molecule has 5 nitrogen and oxygen atoms in total. The van der Waals surface area contributed by atoms with Crippen molar-refractivity contribution in [2.45, 2.75) is 25.9 Å².